The molecule has 1 atom stereocenters. The number of amides is 2. The maximum absolute atomic E-state index is 12.9. The molecule has 172 valence electrons. The third-order valence-electron chi connectivity index (χ3n) is 5.91. The molecule has 0 bridgehead atoms. The molecule has 0 saturated carbocycles. The van der Waals surface area contributed by atoms with Crippen LogP contribution in [0.1, 0.15) is 60.7 Å². The maximum Gasteiger partial charge on any atom is 0.255 e. The number of hydrogen-bond acceptors (Lipinski definition) is 4. The number of rotatable bonds is 7. The lowest BCUT2D eigenvalue weighted by atomic mass is 10.0. The van der Waals surface area contributed by atoms with E-state index in [1.807, 2.05) is 13.8 Å². The second kappa shape index (κ2) is 10.3. The first-order valence-electron chi connectivity index (χ1n) is 11.0. The van der Waals surface area contributed by atoms with E-state index in [0.29, 0.717) is 35.8 Å². The Balaban J connectivity index is 1.73. The smallest absolute Gasteiger partial charge is 0.255 e. The highest BCUT2D eigenvalue weighted by Crippen LogP contribution is 2.24. The van der Waals surface area contributed by atoms with Crippen LogP contribution in [0, 0.1) is 5.92 Å². The van der Waals surface area contributed by atoms with E-state index in [2.05, 4.69) is 17.6 Å². The van der Waals surface area contributed by atoms with Crippen molar-refractivity contribution in [3.63, 3.8) is 0 Å². The Morgan fingerprint density at radius 2 is 1.66 bits per heavy atom. The molecule has 2 amide bonds. The van der Waals surface area contributed by atoms with Crippen molar-refractivity contribution in [2.45, 2.75) is 51.0 Å². The van der Waals surface area contributed by atoms with Gasteiger partial charge in [0.1, 0.15) is 0 Å². The molecule has 0 aliphatic carbocycles. The van der Waals surface area contributed by atoms with Gasteiger partial charge in [-0.15, -0.1) is 0 Å². The molecule has 1 fully saturated rings. The minimum Gasteiger partial charge on any atom is -0.350 e. The highest BCUT2D eigenvalue weighted by Gasteiger charge is 2.28. The summed E-state index contributed by atoms with van der Waals surface area (Å²) in [6, 6.07) is 12.7. The van der Waals surface area contributed by atoms with Crippen molar-refractivity contribution in [1.82, 2.24) is 9.62 Å². The second-order valence-corrected chi connectivity index (χ2v) is 10.3. The van der Waals surface area contributed by atoms with Crippen LogP contribution in [0.25, 0.3) is 0 Å². The Bertz CT molecular complexity index is 1060. The largest absolute Gasteiger partial charge is 0.350 e. The van der Waals surface area contributed by atoms with Gasteiger partial charge in [0.25, 0.3) is 11.8 Å². The SMILES string of the molecule is CCC(C)NC(=O)c1ccccc1NC(=O)c1ccc(S(=O)(=O)N2CCC(C)CC2)cc1. The van der Waals surface area contributed by atoms with E-state index in [9.17, 15) is 18.0 Å². The minimum atomic E-state index is -3.57. The van der Waals surface area contributed by atoms with E-state index < -0.39 is 15.9 Å². The number of anilines is 1. The normalized spacial score (nSPS) is 16.3. The quantitative estimate of drug-likeness (QED) is 0.659. The number of benzene rings is 2. The van der Waals surface area contributed by atoms with Gasteiger partial charge in [0.05, 0.1) is 16.1 Å². The zero-order valence-electron chi connectivity index (χ0n) is 18.8. The van der Waals surface area contributed by atoms with Crippen molar-refractivity contribution >= 4 is 27.5 Å². The van der Waals surface area contributed by atoms with E-state index in [4.69, 9.17) is 0 Å². The average Bonchev–Trinajstić information content (AvgIpc) is 2.79. The first-order valence-corrected chi connectivity index (χ1v) is 12.5. The molecule has 1 saturated heterocycles. The van der Waals surface area contributed by atoms with Gasteiger partial charge in [0.2, 0.25) is 10.0 Å². The molecule has 32 heavy (non-hydrogen) atoms. The molecule has 1 unspecified atom stereocenters. The van der Waals surface area contributed by atoms with Crippen LogP contribution in [0.5, 0.6) is 0 Å². The van der Waals surface area contributed by atoms with E-state index in [-0.39, 0.29) is 16.8 Å². The summed E-state index contributed by atoms with van der Waals surface area (Å²) in [5.74, 6) is -0.139. The molecule has 3 rings (SSSR count). The molecular formula is C24H31N3O4S. The van der Waals surface area contributed by atoms with Crippen molar-refractivity contribution in [2.75, 3.05) is 18.4 Å². The van der Waals surface area contributed by atoms with Gasteiger partial charge in [-0.25, -0.2) is 8.42 Å². The number of para-hydroxylation sites is 1. The van der Waals surface area contributed by atoms with E-state index >= 15 is 0 Å². The fourth-order valence-corrected chi connectivity index (χ4v) is 5.01. The summed E-state index contributed by atoms with van der Waals surface area (Å²) in [5.41, 5.74) is 1.09. The van der Waals surface area contributed by atoms with Crippen molar-refractivity contribution in [1.29, 1.82) is 0 Å². The lowest BCUT2D eigenvalue weighted by molar-refractivity contribution is 0.0940. The Hall–Kier alpha value is -2.71. The van der Waals surface area contributed by atoms with Gasteiger partial charge in [-0.3, -0.25) is 9.59 Å². The Morgan fingerprint density at radius 1 is 1.03 bits per heavy atom. The number of nitrogens with one attached hydrogen (secondary N) is 2. The van der Waals surface area contributed by atoms with Crippen LogP contribution in [0.4, 0.5) is 5.69 Å². The van der Waals surface area contributed by atoms with E-state index in [1.165, 1.54) is 28.6 Å². The number of piperidine rings is 1. The molecular weight excluding hydrogens is 426 g/mol. The lowest BCUT2D eigenvalue weighted by Crippen LogP contribution is -2.37. The predicted octanol–water partition coefficient (Wildman–Crippen LogP) is 3.89. The second-order valence-electron chi connectivity index (χ2n) is 8.39. The van der Waals surface area contributed by atoms with Gasteiger partial charge in [-0.1, -0.05) is 26.0 Å². The first kappa shape index (κ1) is 23.9. The Morgan fingerprint density at radius 3 is 2.28 bits per heavy atom. The summed E-state index contributed by atoms with van der Waals surface area (Å²) in [6.07, 6.45) is 2.50. The molecule has 7 nitrogen and oxygen atoms in total. The summed E-state index contributed by atoms with van der Waals surface area (Å²) in [7, 11) is -3.57. The van der Waals surface area contributed by atoms with E-state index in [0.717, 1.165) is 19.3 Å². The number of carbonyl (C=O) groups is 2. The zero-order chi connectivity index (χ0) is 23.3. The molecule has 0 radical (unpaired) electrons. The monoisotopic (exact) mass is 457 g/mol. The van der Waals surface area contributed by atoms with Gasteiger partial charge in [0, 0.05) is 24.7 Å². The third kappa shape index (κ3) is 5.55. The van der Waals surface area contributed by atoms with Gasteiger partial charge < -0.3 is 10.6 Å². The van der Waals surface area contributed by atoms with Gasteiger partial charge in [-0.2, -0.15) is 4.31 Å². The molecule has 1 aliphatic heterocycles. The standard InChI is InChI=1S/C24H31N3O4S/c1-4-18(3)25-24(29)21-7-5-6-8-22(21)26-23(28)19-9-11-20(12-10-19)32(30,31)27-15-13-17(2)14-16-27/h5-12,17-18H,4,13-16H2,1-3H3,(H,25,29)(H,26,28). The van der Waals surface area contributed by atoms with Crippen LogP contribution >= 0.6 is 0 Å². The summed E-state index contributed by atoms with van der Waals surface area (Å²) in [5, 5.41) is 5.66. The van der Waals surface area contributed by atoms with Crippen LogP contribution in [0.15, 0.2) is 53.4 Å². The van der Waals surface area contributed by atoms with Gasteiger partial charge in [-0.05, 0) is 68.5 Å². The predicted molar refractivity (Wildman–Crippen MR) is 125 cm³/mol. The molecule has 0 spiro atoms. The highest BCUT2D eigenvalue weighted by molar-refractivity contribution is 7.89. The third-order valence-corrected chi connectivity index (χ3v) is 7.82. The van der Waals surface area contributed by atoms with Crippen LogP contribution in [0.3, 0.4) is 0 Å². The van der Waals surface area contributed by atoms with Crippen molar-refractivity contribution in [3.8, 4) is 0 Å². The number of carbonyl (C=O) groups excluding carboxylic acids is 2. The summed E-state index contributed by atoms with van der Waals surface area (Å²) in [4.78, 5) is 25.5. The summed E-state index contributed by atoms with van der Waals surface area (Å²) < 4.78 is 27.3. The Kier molecular flexibility index (Phi) is 7.69. The number of hydrogen-bond donors (Lipinski definition) is 2. The zero-order valence-corrected chi connectivity index (χ0v) is 19.6. The Labute approximate surface area is 190 Å². The molecule has 8 heteroatoms. The topological polar surface area (TPSA) is 95.6 Å². The van der Waals surface area contributed by atoms with Crippen molar-refractivity contribution < 1.29 is 18.0 Å². The molecule has 2 N–H and O–H groups in total. The maximum atomic E-state index is 12.9. The van der Waals surface area contributed by atoms with Crippen LogP contribution in [-0.2, 0) is 10.0 Å². The highest BCUT2D eigenvalue weighted by atomic mass is 32.2. The van der Waals surface area contributed by atoms with Crippen LogP contribution in [-0.4, -0.2) is 43.7 Å². The average molecular weight is 458 g/mol. The molecule has 0 aromatic heterocycles. The van der Waals surface area contributed by atoms with Crippen LogP contribution < -0.4 is 10.6 Å². The molecule has 2 aromatic carbocycles. The summed E-state index contributed by atoms with van der Waals surface area (Å²) >= 11 is 0. The summed E-state index contributed by atoms with van der Waals surface area (Å²) in [6.45, 7) is 7.06. The molecule has 1 aliphatic rings. The van der Waals surface area contributed by atoms with Crippen molar-refractivity contribution in [2.24, 2.45) is 5.92 Å². The fraction of sp³-hybridized carbons (Fsp3) is 0.417. The minimum absolute atomic E-state index is 0.0175. The molecule has 2 aromatic rings. The van der Waals surface area contributed by atoms with Gasteiger partial charge in [0.15, 0.2) is 0 Å². The van der Waals surface area contributed by atoms with E-state index in [1.54, 1.807) is 24.3 Å². The first-order chi connectivity index (χ1) is 15.2. The number of nitrogens with zero attached hydrogens (tertiary/aromatic N) is 1. The lowest BCUT2D eigenvalue weighted by Gasteiger charge is -2.29. The molecule has 1 heterocycles. The fourth-order valence-electron chi connectivity index (χ4n) is 3.54. The number of sulfonamides is 1. The van der Waals surface area contributed by atoms with Gasteiger partial charge >= 0.3 is 0 Å². The van der Waals surface area contributed by atoms with Crippen molar-refractivity contribution in [3.05, 3.63) is 59.7 Å². The van der Waals surface area contributed by atoms with Crippen LogP contribution in [0.2, 0.25) is 0 Å².